The van der Waals surface area contributed by atoms with E-state index in [0.29, 0.717) is 5.56 Å². The van der Waals surface area contributed by atoms with Gasteiger partial charge < -0.3 is 9.88 Å². The van der Waals surface area contributed by atoms with Crippen LogP contribution in [0.3, 0.4) is 0 Å². The first-order valence-electron chi connectivity index (χ1n) is 7.89. The lowest BCUT2D eigenvalue weighted by atomic mass is 10.2. The maximum absolute atomic E-state index is 13.5. The zero-order valence-corrected chi connectivity index (χ0v) is 14.2. The summed E-state index contributed by atoms with van der Waals surface area (Å²) < 4.78 is 41.7. The van der Waals surface area contributed by atoms with Crippen molar-refractivity contribution in [3.8, 4) is 0 Å². The Balaban J connectivity index is 2.02. The summed E-state index contributed by atoms with van der Waals surface area (Å²) in [5.41, 5.74) is 1.86. The molecule has 1 aromatic heterocycles. The van der Waals surface area contributed by atoms with E-state index >= 15 is 0 Å². The third-order valence-corrected chi connectivity index (χ3v) is 3.95. The van der Waals surface area contributed by atoms with Crippen LogP contribution in [0.25, 0.3) is 0 Å². The van der Waals surface area contributed by atoms with Crippen LogP contribution in [0.4, 0.5) is 24.8 Å². The van der Waals surface area contributed by atoms with Crippen molar-refractivity contribution in [1.29, 1.82) is 0 Å². The van der Waals surface area contributed by atoms with E-state index in [9.17, 15) is 18.0 Å². The molecule has 2 aromatic carbocycles. The van der Waals surface area contributed by atoms with E-state index in [-0.39, 0.29) is 18.1 Å². The maximum Gasteiger partial charge on any atom is 0.277 e. The molecule has 0 unspecified atom stereocenters. The molecular formula is C19H16F3N3O. The van der Waals surface area contributed by atoms with Crippen LogP contribution in [0, 0.1) is 31.3 Å². The molecule has 26 heavy (non-hydrogen) atoms. The highest BCUT2D eigenvalue weighted by Gasteiger charge is 2.13. The number of rotatable bonds is 4. The molecular weight excluding hydrogens is 343 g/mol. The fraction of sp³-hybridized carbons (Fsp3) is 0.158. The first-order valence-corrected chi connectivity index (χ1v) is 7.89. The van der Waals surface area contributed by atoms with Crippen LogP contribution in [0.2, 0.25) is 0 Å². The quantitative estimate of drug-likeness (QED) is 0.715. The SMILES string of the molecule is Cc1ccccc1Nc1nc(=O)c(C)cn1Cc1cc(F)c(F)c(F)c1. The summed E-state index contributed by atoms with van der Waals surface area (Å²) in [5.74, 6) is -3.82. The minimum absolute atomic E-state index is 0.0104. The first-order chi connectivity index (χ1) is 12.3. The Morgan fingerprint density at radius 1 is 1.04 bits per heavy atom. The van der Waals surface area contributed by atoms with Crippen LogP contribution < -0.4 is 10.9 Å². The number of nitrogens with zero attached hydrogens (tertiary/aromatic N) is 2. The summed E-state index contributed by atoms with van der Waals surface area (Å²) >= 11 is 0. The van der Waals surface area contributed by atoms with Crippen LogP contribution in [0.1, 0.15) is 16.7 Å². The zero-order valence-electron chi connectivity index (χ0n) is 14.2. The molecule has 0 aliphatic rings. The summed E-state index contributed by atoms with van der Waals surface area (Å²) in [6.45, 7) is 3.50. The number of anilines is 2. The van der Waals surface area contributed by atoms with Crippen molar-refractivity contribution in [3.05, 3.63) is 87.1 Å². The summed E-state index contributed by atoms with van der Waals surface area (Å²) in [5, 5.41) is 3.06. The molecule has 0 saturated heterocycles. The minimum Gasteiger partial charge on any atom is -0.325 e. The average molecular weight is 359 g/mol. The van der Waals surface area contributed by atoms with Crippen molar-refractivity contribution in [2.24, 2.45) is 0 Å². The molecule has 0 aliphatic heterocycles. The van der Waals surface area contributed by atoms with Gasteiger partial charge in [-0.05, 0) is 43.2 Å². The van der Waals surface area contributed by atoms with Crippen LogP contribution in [-0.2, 0) is 6.54 Å². The lowest BCUT2D eigenvalue weighted by Gasteiger charge is -2.16. The number of para-hydroxylation sites is 1. The average Bonchev–Trinajstić information content (AvgIpc) is 2.59. The smallest absolute Gasteiger partial charge is 0.277 e. The lowest BCUT2D eigenvalue weighted by molar-refractivity contribution is 0.444. The Morgan fingerprint density at radius 2 is 1.69 bits per heavy atom. The van der Waals surface area contributed by atoms with Gasteiger partial charge in [0.1, 0.15) is 0 Å². The van der Waals surface area contributed by atoms with E-state index < -0.39 is 23.0 Å². The molecule has 4 nitrogen and oxygen atoms in total. The molecule has 0 spiro atoms. The van der Waals surface area contributed by atoms with Crippen molar-refractivity contribution < 1.29 is 13.2 Å². The highest BCUT2D eigenvalue weighted by atomic mass is 19.2. The van der Waals surface area contributed by atoms with Gasteiger partial charge in [-0.2, -0.15) is 4.98 Å². The summed E-state index contributed by atoms with van der Waals surface area (Å²) in [6, 6.07) is 9.26. The molecule has 1 N–H and O–H groups in total. The Kier molecular flexibility index (Phi) is 4.79. The molecule has 0 aliphatic carbocycles. The van der Waals surface area contributed by atoms with Crippen LogP contribution in [0.15, 0.2) is 47.4 Å². The normalized spacial score (nSPS) is 10.8. The number of aromatic nitrogens is 2. The topological polar surface area (TPSA) is 46.9 Å². The van der Waals surface area contributed by atoms with Gasteiger partial charge in [0, 0.05) is 17.4 Å². The summed E-state index contributed by atoms with van der Waals surface area (Å²) in [6.07, 6.45) is 1.54. The molecule has 0 bridgehead atoms. The first kappa shape index (κ1) is 17.7. The molecule has 0 saturated carbocycles. The van der Waals surface area contributed by atoms with E-state index in [1.54, 1.807) is 11.5 Å². The largest absolute Gasteiger partial charge is 0.325 e. The molecule has 134 valence electrons. The third-order valence-electron chi connectivity index (χ3n) is 3.95. The van der Waals surface area contributed by atoms with Crippen LogP contribution in [-0.4, -0.2) is 9.55 Å². The fourth-order valence-corrected chi connectivity index (χ4v) is 2.55. The molecule has 1 heterocycles. The Morgan fingerprint density at radius 3 is 2.35 bits per heavy atom. The van der Waals surface area contributed by atoms with Gasteiger partial charge in [0.05, 0.1) is 6.54 Å². The molecule has 0 radical (unpaired) electrons. The van der Waals surface area contributed by atoms with Crippen molar-refractivity contribution in [3.63, 3.8) is 0 Å². The van der Waals surface area contributed by atoms with Gasteiger partial charge in [0.15, 0.2) is 17.5 Å². The molecule has 3 rings (SSSR count). The van der Waals surface area contributed by atoms with E-state index in [4.69, 9.17) is 0 Å². The van der Waals surface area contributed by atoms with Crippen LogP contribution >= 0.6 is 0 Å². The Bertz CT molecular complexity index is 1010. The third kappa shape index (κ3) is 3.61. The summed E-state index contributed by atoms with van der Waals surface area (Å²) in [4.78, 5) is 15.9. The van der Waals surface area contributed by atoms with Gasteiger partial charge in [-0.3, -0.25) is 4.79 Å². The monoisotopic (exact) mass is 359 g/mol. The van der Waals surface area contributed by atoms with Gasteiger partial charge in [-0.25, -0.2) is 13.2 Å². The van der Waals surface area contributed by atoms with E-state index in [1.165, 1.54) is 6.20 Å². The number of aryl methyl sites for hydroxylation is 2. The molecule has 7 heteroatoms. The summed E-state index contributed by atoms with van der Waals surface area (Å²) in [7, 11) is 0. The molecule has 0 amide bonds. The number of hydrogen-bond acceptors (Lipinski definition) is 3. The zero-order chi connectivity index (χ0) is 18.8. The predicted molar refractivity (Wildman–Crippen MR) is 93.1 cm³/mol. The van der Waals surface area contributed by atoms with Gasteiger partial charge in [0.2, 0.25) is 5.95 Å². The highest BCUT2D eigenvalue weighted by Crippen LogP contribution is 2.20. The van der Waals surface area contributed by atoms with E-state index in [1.807, 2.05) is 31.2 Å². The molecule has 0 atom stereocenters. The van der Waals surface area contributed by atoms with Crippen molar-refractivity contribution >= 4 is 11.6 Å². The molecule has 0 fully saturated rings. The predicted octanol–water partition coefficient (Wildman–Crippen LogP) is 4.07. The standard InChI is InChI=1S/C19H16F3N3O/c1-11-5-3-4-6-16(11)23-19-24-18(26)12(2)9-25(19)10-13-7-14(20)17(22)15(21)8-13/h3-9H,10H2,1-2H3,(H,23,24,26). The lowest BCUT2D eigenvalue weighted by Crippen LogP contribution is -2.19. The number of nitrogens with one attached hydrogen (secondary N) is 1. The second kappa shape index (κ2) is 7.03. The van der Waals surface area contributed by atoms with Gasteiger partial charge in [0.25, 0.3) is 5.56 Å². The molecule has 3 aromatic rings. The Hall–Kier alpha value is -3.09. The van der Waals surface area contributed by atoms with Gasteiger partial charge >= 0.3 is 0 Å². The van der Waals surface area contributed by atoms with Crippen molar-refractivity contribution in [2.75, 3.05) is 5.32 Å². The number of hydrogen-bond donors (Lipinski definition) is 1. The number of benzene rings is 2. The van der Waals surface area contributed by atoms with Gasteiger partial charge in [-0.1, -0.05) is 18.2 Å². The highest BCUT2D eigenvalue weighted by molar-refractivity contribution is 5.58. The van der Waals surface area contributed by atoms with Crippen molar-refractivity contribution in [1.82, 2.24) is 9.55 Å². The Labute approximate surface area is 147 Å². The minimum atomic E-state index is -1.51. The maximum atomic E-state index is 13.5. The second-order valence-electron chi connectivity index (χ2n) is 5.99. The van der Waals surface area contributed by atoms with E-state index in [0.717, 1.165) is 23.4 Å². The second-order valence-corrected chi connectivity index (χ2v) is 5.99. The van der Waals surface area contributed by atoms with Crippen LogP contribution in [0.5, 0.6) is 0 Å². The number of halogens is 3. The van der Waals surface area contributed by atoms with Crippen molar-refractivity contribution in [2.45, 2.75) is 20.4 Å². The van der Waals surface area contributed by atoms with Gasteiger partial charge in [-0.15, -0.1) is 0 Å². The van der Waals surface area contributed by atoms with E-state index in [2.05, 4.69) is 10.3 Å². The fourth-order valence-electron chi connectivity index (χ4n) is 2.55.